The zero-order valence-electron chi connectivity index (χ0n) is 18.8. The van der Waals surface area contributed by atoms with Crippen LogP contribution >= 0.6 is 0 Å². The fraction of sp³-hybridized carbons (Fsp3) is 0.682. The lowest BCUT2D eigenvalue weighted by Crippen LogP contribution is -2.64. The van der Waals surface area contributed by atoms with Gasteiger partial charge >= 0.3 is 5.97 Å². The largest absolute Gasteiger partial charge is 0.469 e. The molecule has 0 spiro atoms. The molecular weight excluding hydrogens is 436 g/mol. The van der Waals surface area contributed by atoms with E-state index in [1.165, 1.54) is 25.4 Å². The summed E-state index contributed by atoms with van der Waals surface area (Å²) in [5, 5.41) is 32.7. The summed E-state index contributed by atoms with van der Waals surface area (Å²) in [5.74, 6) is -0.791. The third kappa shape index (κ3) is 8.52. The second kappa shape index (κ2) is 14.1. The molecule has 33 heavy (non-hydrogen) atoms. The van der Waals surface area contributed by atoms with E-state index in [9.17, 15) is 29.7 Å². The fourth-order valence-corrected chi connectivity index (χ4v) is 3.54. The summed E-state index contributed by atoms with van der Waals surface area (Å²) < 4.78 is 15.9. The first-order valence-electron chi connectivity index (χ1n) is 11.2. The van der Waals surface area contributed by atoms with Gasteiger partial charge in [0, 0.05) is 25.3 Å². The van der Waals surface area contributed by atoms with Crippen molar-refractivity contribution in [2.24, 2.45) is 0 Å². The highest BCUT2D eigenvalue weighted by molar-refractivity contribution is 5.94. The molecule has 1 fully saturated rings. The van der Waals surface area contributed by atoms with E-state index in [2.05, 4.69) is 15.0 Å². The number of amides is 1. The first kappa shape index (κ1) is 26.9. The van der Waals surface area contributed by atoms with Crippen LogP contribution in [0.2, 0.25) is 0 Å². The summed E-state index contributed by atoms with van der Waals surface area (Å²) in [4.78, 5) is 37.2. The molecule has 0 aromatic carbocycles. The molecule has 1 aliphatic rings. The number of hydrogen-bond donors (Lipinski definition) is 5. The fourth-order valence-electron chi connectivity index (χ4n) is 3.54. The Morgan fingerprint density at radius 2 is 1.79 bits per heavy atom. The van der Waals surface area contributed by atoms with Gasteiger partial charge in [-0.1, -0.05) is 25.7 Å². The van der Waals surface area contributed by atoms with Gasteiger partial charge in [-0.25, -0.2) is 0 Å². The van der Waals surface area contributed by atoms with Gasteiger partial charge in [-0.3, -0.25) is 14.4 Å². The van der Waals surface area contributed by atoms with Crippen molar-refractivity contribution < 1.29 is 39.1 Å². The minimum atomic E-state index is -1.43. The summed E-state index contributed by atoms with van der Waals surface area (Å²) >= 11 is 0. The van der Waals surface area contributed by atoms with Gasteiger partial charge in [0.25, 0.3) is 5.91 Å². The molecule has 0 bridgehead atoms. The quantitative estimate of drug-likeness (QED) is 0.194. The van der Waals surface area contributed by atoms with Crippen LogP contribution in [0.1, 0.15) is 55.3 Å². The number of unbranched alkanes of at least 4 members (excludes halogenated alkanes) is 5. The van der Waals surface area contributed by atoms with Crippen LogP contribution in [0.4, 0.5) is 0 Å². The van der Waals surface area contributed by atoms with Gasteiger partial charge < -0.3 is 39.8 Å². The number of esters is 1. The number of carbonyl (C=O) groups is 2. The zero-order valence-corrected chi connectivity index (χ0v) is 18.8. The van der Waals surface area contributed by atoms with E-state index in [1.807, 2.05) is 0 Å². The molecule has 186 valence electrons. The number of ether oxygens (including phenoxy) is 3. The molecule has 5 N–H and O–H groups in total. The van der Waals surface area contributed by atoms with E-state index in [4.69, 9.17) is 9.47 Å². The highest BCUT2D eigenvalue weighted by atomic mass is 16.7. The molecule has 2 heterocycles. The van der Waals surface area contributed by atoms with Crippen LogP contribution in [0.3, 0.4) is 0 Å². The molecule has 3 unspecified atom stereocenters. The number of aliphatic hydroxyl groups excluding tert-OH is 3. The Morgan fingerprint density at radius 3 is 2.42 bits per heavy atom. The van der Waals surface area contributed by atoms with Gasteiger partial charge in [-0.15, -0.1) is 0 Å². The molecule has 1 aromatic rings. The van der Waals surface area contributed by atoms with Crippen LogP contribution in [0.5, 0.6) is 0 Å². The number of rotatable bonds is 13. The number of aliphatic hydroxyl groups is 3. The standard InChI is InChI=1S/C22H34N2O9/c1-31-17(27)8-6-4-2-3-5-7-11-32-22-18(20(29)19(28)15(13-25)33-22)24-21(30)14-9-10-16(26)23-12-14/h9-10,12,15,18-20,22,25,28-29H,2-8,11,13H2,1H3,(H,23,26)(H,24,30)/t15?,18?,19-,20?,22+/m0/s1. The van der Waals surface area contributed by atoms with Crippen LogP contribution in [-0.2, 0) is 19.0 Å². The maximum absolute atomic E-state index is 12.5. The minimum Gasteiger partial charge on any atom is -0.469 e. The van der Waals surface area contributed by atoms with E-state index in [0.717, 1.165) is 32.1 Å². The molecule has 0 radical (unpaired) electrons. The average Bonchev–Trinajstić information content (AvgIpc) is 2.82. The molecule has 1 aromatic heterocycles. The Bertz CT molecular complexity index is 780. The number of nitrogens with one attached hydrogen (secondary N) is 2. The Kier molecular flexibility index (Phi) is 11.5. The molecule has 11 heteroatoms. The van der Waals surface area contributed by atoms with Crippen molar-refractivity contribution in [2.45, 2.75) is 75.6 Å². The van der Waals surface area contributed by atoms with Crippen LogP contribution in [0.15, 0.2) is 23.1 Å². The second-order valence-corrected chi connectivity index (χ2v) is 7.97. The Balaban J connectivity index is 1.82. The molecule has 5 atom stereocenters. The number of pyridine rings is 1. The van der Waals surface area contributed by atoms with Crippen molar-refractivity contribution in [3.8, 4) is 0 Å². The molecule has 1 saturated heterocycles. The normalized spacial score (nSPS) is 24.9. The summed E-state index contributed by atoms with van der Waals surface area (Å²) in [6.07, 6.45) is 1.94. The lowest BCUT2D eigenvalue weighted by atomic mass is 9.96. The summed E-state index contributed by atoms with van der Waals surface area (Å²) in [6, 6.07) is 1.45. The number of methoxy groups -OCH3 is 1. The van der Waals surface area contributed by atoms with Crippen molar-refractivity contribution >= 4 is 11.9 Å². The monoisotopic (exact) mass is 470 g/mol. The van der Waals surface area contributed by atoms with Crippen molar-refractivity contribution in [3.05, 3.63) is 34.2 Å². The number of H-pyrrole nitrogens is 1. The third-order valence-electron chi connectivity index (χ3n) is 5.51. The first-order valence-corrected chi connectivity index (χ1v) is 11.2. The van der Waals surface area contributed by atoms with E-state index in [-0.39, 0.29) is 17.1 Å². The second-order valence-electron chi connectivity index (χ2n) is 7.97. The third-order valence-corrected chi connectivity index (χ3v) is 5.51. The van der Waals surface area contributed by atoms with Crippen molar-refractivity contribution in [3.63, 3.8) is 0 Å². The Labute approximate surface area is 192 Å². The lowest BCUT2D eigenvalue weighted by molar-refractivity contribution is -0.269. The van der Waals surface area contributed by atoms with Gasteiger partial charge in [-0.2, -0.15) is 0 Å². The molecule has 1 amide bonds. The smallest absolute Gasteiger partial charge is 0.305 e. The van der Waals surface area contributed by atoms with E-state index >= 15 is 0 Å². The SMILES string of the molecule is COC(=O)CCCCCCCCO[C@@H]1OC(CO)[C@H](O)C(O)C1NC(=O)c1ccc(=O)[nH]c1. The van der Waals surface area contributed by atoms with E-state index in [1.54, 1.807) is 0 Å². The lowest BCUT2D eigenvalue weighted by Gasteiger charge is -2.42. The summed E-state index contributed by atoms with van der Waals surface area (Å²) in [5.41, 5.74) is -0.204. The van der Waals surface area contributed by atoms with Gasteiger partial charge in [0.1, 0.15) is 24.4 Å². The minimum absolute atomic E-state index is 0.159. The molecule has 0 saturated carbocycles. The molecule has 11 nitrogen and oxygen atoms in total. The molecule has 1 aliphatic heterocycles. The summed E-state index contributed by atoms with van der Waals surface area (Å²) in [7, 11) is 1.38. The Hall–Kier alpha value is -2.31. The van der Waals surface area contributed by atoms with Crippen LogP contribution in [-0.4, -0.2) is 83.1 Å². The summed E-state index contributed by atoms with van der Waals surface area (Å²) in [6.45, 7) is -0.233. The van der Waals surface area contributed by atoms with Crippen LogP contribution < -0.4 is 10.9 Å². The number of hydrogen-bond acceptors (Lipinski definition) is 9. The van der Waals surface area contributed by atoms with E-state index in [0.29, 0.717) is 19.4 Å². The number of aromatic nitrogens is 1. The highest BCUT2D eigenvalue weighted by Crippen LogP contribution is 2.23. The zero-order chi connectivity index (χ0) is 24.2. The van der Waals surface area contributed by atoms with Crippen LogP contribution in [0.25, 0.3) is 0 Å². The van der Waals surface area contributed by atoms with Crippen molar-refractivity contribution in [1.29, 1.82) is 0 Å². The topological polar surface area (TPSA) is 167 Å². The number of carbonyl (C=O) groups excluding carboxylic acids is 2. The van der Waals surface area contributed by atoms with Crippen molar-refractivity contribution in [1.82, 2.24) is 10.3 Å². The maximum atomic E-state index is 12.5. The van der Waals surface area contributed by atoms with Gasteiger partial charge in [0.2, 0.25) is 5.56 Å². The van der Waals surface area contributed by atoms with Crippen LogP contribution in [0, 0.1) is 0 Å². The molecule has 2 rings (SSSR count). The van der Waals surface area contributed by atoms with Gasteiger partial charge in [0.05, 0.1) is 19.3 Å². The predicted octanol–water partition coefficient (Wildman–Crippen LogP) is -0.167. The molecule has 0 aliphatic carbocycles. The van der Waals surface area contributed by atoms with Gasteiger partial charge in [-0.05, 0) is 18.9 Å². The Morgan fingerprint density at radius 1 is 1.09 bits per heavy atom. The average molecular weight is 471 g/mol. The first-order chi connectivity index (χ1) is 15.9. The van der Waals surface area contributed by atoms with Gasteiger partial charge in [0.15, 0.2) is 6.29 Å². The predicted molar refractivity (Wildman–Crippen MR) is 116 cm³/mol. The molecular formula is C22H34N2O9. The number of aromatic amines is 1. The van der Waals surface area contributed by atoms with E-state index < -0.39 is 43.2 Å². The van der Waals surface area contributed by atoms with Crippen molar-refractivity contribution in [2.75, 3.05) is 20.3 Å². The maximum Gasteiger partial charge on any atom is 0.305 e. The highest BCUT2D eigenvalue weighted by Gasteiger charge is 2.45.